The lowest BCUT2D eigenvalue weighted by Gasteiger charge is -2.05. The number of aliphatic imine (C=N–C) groups is 1. The van der Waals surface area contributed by atoms with E-state index in [-0.39, 0.29) is 0 Å². The Labute approximate surface area is 92.5 Å². The lowest BCUT2D eigenvalue weighted by Crippen LogP contribution is -2.03. The zero-order valence-corrected chi connectivity index (χ0v) is 9.19. The molecule has 0 saturated carbocycles. The van der Waals surface area contributed by atoms with Gasteiger partial charge in [-0.2, -0.15) is 0 Å². The van der Waals surface area contributed by atoms with E-state index in [4.69, 9.17) is 27.9 Å². The first-order valence-corrected chi connectivity index (χ1v) is 5.13. The van der Waals surface area contributed by atoms with Crippen LogP contribution in [0.3, 0.4) is 0 Å². The molecule has 74 valence electrons. The molecule has 1 aromatic rings. The molecule has 2 nitrogen and oxygen atoms in total. The van der Waals surface area contributed by atoms with Crippen molar-refractivity contribution in [1.29, 1.82) is 0 Å². The number of rotatable bonds is 1. The number of halogens is 2. The fraction of sp³-hybridized carbons (Fsp3) is 0.300. The second-order valence-corrected chi connectivity index (χ2v) is 3.79. The van der Waals surface area contributed by atoms with E-state index in [0.29, 0.717) is 29.1 Å². The molecule has 0 radical (unpaired) electrons. The summed E-state index contributed by atoms with van der Waals surface area (Å²) >= 11 is 11.8. The molecular formula is C10H9Cl2NO. The second kappa shape index (κ2) is 3.79. The average molecular weight is 230 g/mol. The van der Waals surface area contributed by atoms with Gasteiger partial charge in [0.25, 0.3) is 0 Å². The minimum absolute atomic E-state index is 0.541. The van der Waals surface area contributed by atoms with Crippen LogP contribution in [0.4, 0.5) is 0 Å². The molecule has 0 bridgehead atoms. The molecule has 0 amide bonds. The van der Waals surface area contributed by atoms with Gasteiger partial charge in [-0.3, -0.25) is 0 Å². The zero-order chi connectivity index (χ0) is 10.1. The Morgan fingerprint density at radius 3 is 2.79 bits per heavy atom. The highest BCUT2D eigenvalue weighted by Gasteiger charge is 2.18. The Morgan fingerprint density at radius 1 is 1.36 bits per heavy atom. The summed E-state index contributed by atoms with van der Waals surface area (Å²) in [6.07, 6.45) is 0. The number of benzene rings is 1. The van der Waals surface area contributed by atoms with E-state index in [9.17, 15) is 0 Å². The number of hydrogen-bond donors (Lipinski definition) is 0. The minimum atomic E-state index is 0.541. The van der Waals surface area contributed by atoms with E-state index in [1.54, 1.807) is 6.07 Å². The third-order valence-electron chi connectivity index (χ3n) is 2.05. The van der Waals surface area contributed by atoms with Crippen LogP contribution >= 0.6 is 23.2 Å². The predicted molar refractivity (Wildman–Crippen MR) is 58.3 cm³/mol. The highest BCUT2D eigenvalue weighted by atomic mass is 35.5. The van der Waals surface area contributed by atoms with E-state index in [1.807, 2.05) is 13.0 Å². The normalized spacial score (nSPS) is 13.8. The van der Waals surface area contributed by atoms with E-state index in [2.05, 4.69) is 4.99 Å². The van der Waals surface area contributed by atoms with Crippen molar-refractivity contribution in [3.63, 3.8) is 0 Å². The molecular weight excluding hydrogens is 221 g/mol. The van der Waals surface area contributed by atoms with Gasteiger partial charge in [0, 0.05) is 5.56 Å². The van der Waals surface area contributed by atoms with E-state index in [0.717, 1.165) is 11.1 Å². The molecule has 1 aliphatic heterocycles. The molecule has 1 heterocycles. The summed E-state index contributed by atoms with van der Waals surface area (Å²) < 4.78 is 5.37. The monoisotopic (exact) mass is 229 g/mol. The van der Waals surface area contributed by atoms with Crippen LogP contribution < -0.4 is 0 Å². The summed E-state index contributed by atoms with van der Waals surface area (Å²) in [6, 6.07) is 3.65. The van der Waals surface area contributed by atoms with Crippen molar-refractivity contribution >= 4 is 29.1 Å². The lowest BCUT2D eigenvalue weighted by molar-refractivity contribution is 0.329. The average Bonchev–Trinajstić information content (AvgIpc) is 2.51. The van der Waals surface area contributed by atoms with Crippen molar-refractivity contribution in [2.75, 3.05) is 6.61 Å². The first-order valence-electron chi connectivity index (χ1n) is 4.38. The van der Waals surface area contributed by atoms with Crippen molar-refractivity contribution in [1.82, 2.24) is 0 Å². The van der Waals surface area contributed by atoms with Gasteiger partial charge >= 0.3 is 0 Å². The van der Waals surface area contributed by atoms with Gasteiger partial charge in [0.2, 0.25) is 5.90 Å². The first-order chi connectivity index (χ1) is 6.72. The minimum Gasteiger partial charge on any atom is -0.478 e. The van der Waals surface area contributed by atoms with E-state index in [1.165, 1.54) is 0 Å². The molecule has 0 unspecified atom stereocenters. The van der Waals surface area contributed by atoms with Gasteiger partial charge < -0.3 is 4.74 Å². The maximum absolute atomic E-state index is 5.92. The Bertz CT molecular complexity index is 401. The molecule has 0 atom stereocenters. The fourth-order valence-electron chi connectivity index (χ4n) is 1.42. The smallest absolute Gasteiger partial charge is 0.216 e. The topological polar surface area (TPSA) is 21.6 Å². The van der Waals surface area contributed by atoms with Gasteiger partial charge in [-0.05, 0) is 24.6 Å². The maximum atomic E-state index is 5.92. The van der Waals surface area contributed by atoms with Crippen molar-refractivity contribution in [2.24, 2.45) is 4.99 Å². The molecule has 0 spiro atoms. The van der Waals surface area contributed by atoms with E-state index < -0.39 is 0 Å². The van der Waals surface area contributed by atoms with Crippen molar-refractivity contribution in [2.45, 2.75) is 13.5 Å². The molecule has 0 aromatic heterocycles. The molecule has 1 aliphatic rings. The van der Waals surface area contributed by atoms with Gasteiger partial charge in [-0.1, -0.05) is 23.2 Å². The second-order valence-electron chi connectivity index (χ2n) is 2.98. The van der Waals surface area contributed by atoms with Crippen LogP contribution in [0.1, 0.15) is 18.1 Å². The highest BCUT2D eigenvalue weighted by molar-refractivity contribution is 6.42. The van der Waals surface area contributed by atoms with Crippen LogP contribution in [-0.4, -0.2) is 12.5 Å². The number of fused-ring (bicyclic) bond motifs is 1. The summed E-state index contributed by atoms with van der Waals surface area (Å²) in [7, 11) is 0. The molecule has 0 fully saturated rings. The fourth-order valence-corrected chi connectivity index (χ4v) is 1.77. The van der Waals surface area contributed by atoms with Crippen LogP contribution in [0.25, 0.3) is 0 Å². The molecule has 14 heavy (non-hydrogen) atoms. The molecule has 2 rings (SSSR count). The Balaban J connectivity index is 2.41. The summed E-state index contributed by atoms with van der Waals surface area (Å²) in [5.74, 6) is 0.668. The number of ether oxygens (including phenoxy) is 1. The van der Waals surface area contributed by atoms with Crippen LogP contribution in [0.5, 0.6) is 0 Å². The van der Waals surface area contributed by atoms with Gasteiger partial charge in [-0.15, -0.1) is 0 Å². The summed E-state index contributed by atoms with van der Waals surface area (Å²) in [5.41, 5.74) is 2.03. The quantitative estimate of drug-likeness (QED) is 0.725. The summed E-state index contributed by atoms with van der Waals surface area (Å²) in [5, 5.41) is 1.11. The Hall–Kier alpha value is -0.730. The molecule has 1 aromatic carbocycles. The van der Waals surface area contributed by atoms with Crippen LogP contribution in [0.15, 0.2) is 17.1 Å². The third-order valence-corrected chi connectivity index (χ3v) is 2.77. The summed E-state index contributed by atoms with van der Waals surface area (Å²) in [4.78, 5) is 4.25. The van der Waals surface area contributed by atoms with Gasteiger partial charge in [-0.25, -0.2) is 4.99 Å². The van der Waals surface area contributed by atoms with Crippen molar-refractivity contribution < 1.29 is 4.74 Å². The molecule has 0 aliphatic carbocycles. The van der Waals surface area contributed by atoms with Gasteiger partial charge in [0.05, 0.1) is 23.2 Å². The van der Waals surface area contributed by atoms with Crippen LogP contribution in [0.2, 0.25) is 10.0 Å². The lowest BCUT2D eigenvalue weighted by atomic mass is 10.1. The van der Waals surface area contributed by atoms with Crippen LogP contribution in [-0.2, 0) is 11.3 Å². The summed E-state index contributed by atoms with van der Waals surface area (Å²) in [6.45, 7) is 3.16. The Kier molecular flexibility index (Phi) is 2.66. The molecule has 0 saturated heterocycles. The third kappa shape index (κ3) is 1.60. The Morgan fingerprint density at radius 2 is 2.07 bits per heavy atom. The maximum Gasteiger partial charge on any atom is 0.216 e. The number of nitrogens with zero attached hydrogens (tertiary/aromatic N) is 1. The zero-order valence-electron chi connectivity index (χ0n) is 7.68. The van der Waals surface area contributed by atoms with Gasteiger partial charge in [0.15, 0.2) is 0 Å². The molecule has 4 heteroatoms. The van der Waals surface area contributed by atoms with Crippen molar-refractivity contribution in [3.05, 3.63) is 33.3 Å². The molecule has 0 N–H and O–H groups in total. The van der Waals surface area contributed by atoms with Crippen molar-refractivity contribution in [3.8, 4) is 0 Å². The predicted octanol–water partition coefficient (Wildman–Crippen LogP) is 3.29. The van der Waals surface area contributed by atoms with E-state index >= 15 is 0 Å². The first kappa shape index (κ1) is 9.81. The van der Waals surface area contributed by atoms with Gasteiger partial charge in [0.1, 0.15) is 0 Å². The largest absolute Gasteiger partial charge is 0.478 e. The number of hydrogen-bond acceptors (Lipinski definition) is 2. The highest BCUT2D eigenvalue weighted by Crippen LogP contribution is 2.29. The van der Waals surface area contributed by atoms with Crippen LogP contribution in [0, 0.1) is 0 Å². The standard InChI is InChI=1S/C10H9Cl2NO/c1-2-14-10-7-4-9(12)8(11)3-6(7)5-13-10/h3-4H,2,5H2,1H3. The SMILES string of the molecule is CCOC1=NCc2cc(Cl)c(Cl)cc21.